The number of nitrogens with zero attached hydrogens (tertiary/aromatic N) is 3. The van der Waals surface area contributed by atoms with Crippen LogP contribution in [0, 0.1) is 6.92 Å². The number of amides is 3. The van der Waals surface area contributed by atoms with E-state index in [1.54, 1.807) is 4.90 Å². The van der Waals surface area contributed by atoms with E-state index in [2.05, 4.69) is 10.3 Å². The molecule has 0 saturated carbocycles. The fraction of sp³-hybridized carbons (Fsp3) is 0.304. The molecule has 2 aromatic carbocycles. The van der Waals surface area contributed by atoms with Gasteiger partial charge in [-0.15, -0.1) is 11.8 Å². The first-order chi connectivity index (χ1) is 15.5. The number of para-hydroxylation sites is 1. The summed E-state index contributed by atoms with van der Waals surface area (Å²) in [5.41, 5.74) is 2.60. The Morgan fingerprint density at radius 2 is 1.94 bits per heavy atom. The molecule has 1 fully saturated rings. The molecule has 32 heavy (non-hydrogen) atoms. The van der Waals surface area contributed by atoms with Crippen LogP contribution in [0.15, 0.2) is 47.4 Å². The highest BCUT2D eigenvalue weighted by Crippen LogP contribution is 2.40. The van der Waals surface area contributed by atoms with E-state index in [0.29, 0.717) is 23.9 Å². The lowest BCUT2D eigenvalue weighted by atomic mass is 10.2. The summed E-state index contributed by atoms with van der Waals surface area (Å²) in [4.78, 5) is 47.7. The summed E-state index contributed by atoms with van der Waals surface area (Å²) in [6.45, 7) is 3.20. The third kappa shape index (κ3) is 3.98. The van der Waals surface area contributed by atoms with Crippen LogP contribution in [0.4, 0.5) is 10.8 Å². The Hall–Kier alpha value is -2.91. The number of likely N-dealkylation sites (tertiary alicyclic amines) is 1. The summed E-state index contributed by atoms with van der Waals surface area (Å²) in [7, 11) is 0. The Morgan fingerprint density at radius 1 is 1.16 bits per heavy atom. The highest BCUT2D eigenvalue weighted by atomic mass is 32.2. The predicted molar refractivity (Wildman–Crippen MR) is 127 cm³/mol. The second-order valence-corrected chi connectivity index (χ2v) is 10.1. The maximum Gasteiger partial charge on any atom is 0.250 e. The van der Waals surface area contributed by atoms with Crippen molar-refractivity contribution in [3.63, 3.8) is 0 Å². The molecular weight excluding hydrogens is 444 g/mol. The van der Waals surface area contributed by atoms with Gasteiger partial charge in [-0.25, -0.2) is 4.98 Å². The molecule has 1 N–H and O–H groups in total. The van der Waals surface area contributed by atoms with Crippen LogP contribution in [0.3, 0.4) is 0 Å². The van der Waals surface area contributed by atoms with E-state index in [0.717, 1.165) is 33.5 Å². The van der Waals surface area contributed by atoms with E-state index >= 15 is 0 Å². The summed E-state index contributed by atoms with van der Waals surface area (Å²) >= 11 is 2.67. The molecule has 1 saturated heterocycles. The maximum atomic E-state index is 13.3. The lowest BCUT2D eigenvalue weighted by molar-refractivity contribution is -0.134. The number of thiazole rings is 1. The molecule has 1 unspecified atom stereocenters. The third-order valence-corrected chi connectivity index (χ3v) is 7.80. The standard InChI is InChI=1S/C23H22N4O3S2/c1-14-8-9-15-18(12-14)32-23(24-15)25-19(28)13-27-16-6-2-3-7-17(16)31-20(22(27)30)21(29)26-10-4-5-11-26/h2-3,6-9,12,20H,4-5,10-11,13H2,1H3,(H,24,25,28). The molecule has 3 amide bonds. The van der Waals surface area contributed by atoms with E-state index < -0.39 is 5.25 Å². The van der Waals surface area contributed by atoms with Gasteiger partial charge in [0.15, 0.2) is 10.4 Å². The average Bonchev–Trinajstić information content (AvgIpc) is 3.44. The number of hydrogen-bond donors (Lipinski definition) is 1. The molecule has 3 aromatic rings. The molecule has 0 radical (unpaired) electrons. The number of thioether (sulfide) groups is 1. The molecule has 2 aliphatic rings. The van der Waals surface area contributed by atoms with Crippen LogP contribution in [0.5, 0.6) is 0 Å². The lowest BCUT2D eigenvalue weighted by Crippen LogP contribution is -2.51. The van der Waals surface area contributed by atoms with E-state index in [1.165, 1.54) is 28.0 Å². The van der Waals surface area contributed by atoms with E-state index in [4.69, 9.17) is 0 Å². The van der Waals surface area contributed by atoms with Gasteiger partial charge in [0.2, 0.25) is 11.8 Å². The number of aromatic nitrogens is 1. The van der Waals surface area contributed by atoms with Gasteiger partial charge in [-0.1, -0.05) is 29.5 Å². The van der Waals surface area contributed by atoms with Crippen LogP contribution < -0.4 is 10.2 Å². The minimum Gasteiger partial charge on any atom is -0.341 e. The molecule has 2 aliphatic heterocycles. The van der Waals surface area contributed by atoms with Gasteiger partial charge in [0, 0.05) is 18.0 Å². The number of carbonyl (C=O) groups excluding carboxylic acids is 3. The molecule has 7 nitrogen and oxygen atoms in total. The van der Waals surface area contributed by atoms with Gasteiger partial charge in [-0.3, -0.25) is 14.4 Å². The molecule has 3 heterocycles. The number of aryl methyl sites for hydroxylation is 1. The monoisotopic (exact) mass is 466 g/mol. The number of nitrogens with one attached hydrogen (secondary N) is 1. The zero-order chi connectivity index (χ0) is 22.2. The van der Waals surface area contributed by atoms with Crippen LogP contribution in [-0.4, -0.2) is 52.5 Å². The van der Waals surface area contributed by atoms with Gasteiger partial charge in [0.1, 0.15) is 6.54 Å². The molecule has 0 bridgehead atoms. The van der Waals surface area contributed by atoms with Crippen LogP contribution in [0.25, 0.3) is 10.2 Å². The number of carbonyl (C=O) groups is 3. The van der Waals surface area contributed by atoms with Crippen molar-refractivity contribution in [1.82, 2.24) is 9.88 Å². The second kappa shape index (κ2) is 8.55. The zero-order valence-electron chi connectivity index (χ0n) is 17.5. The fourth-order valence-electron chi connectivity index (χ4n) is 4.03. The number of anilines is 2. The van der Waals surface area contributed by atoms with Crippen LogP contribution in [0.2, 0.25) is 0 Å². The maximum absolute atomic E-state index is 13.3. The quantitative estimate of drug-likeness (QED) is 0.593. The summed E-state index contributed by atoms with van der Waals surface area (Å²) in [5.74, 6) is -0.858. The highest BCUT2D eigenvalue weighted by Gasteiger charge is 2.41. The zero-order valence-corrected chi connectivity index (χ0v) is 19.2. The Labute approximate surface area is 193 Å². The van der Waals surface area contributed by atoms with Crippen molar-refractivity contribution in [2.24, 2.45) is 0 Å². The first kappa shape index (κ1) is 21.0. The Balaban J connectivity index is 1.37. The van der Waals surface area contributed by atoms with Crippen molar-refractivity contribution in [3.05, 3.63) is 48.0 Å². The molecule has 0 spiro atoms. The largest absolute Gasteiger partial charge is 0.341 e. The smallest absolute Gasteiger partial charge is 0.250 e. The van der Waals surface area contributed by atoms with E-state index in [-0.39, 0.29) is 24.3 Å². The first-order valence-electron chi connectivity index (χ1n) is 10.5. The number of fused-ring (bicyclic) bond motifs is 2. The predicted octanol–water partition coefficient (Wildman–Crippen LogP) is 3.67. The van der Waals surface area contributed by atoms with Crippen molar-refractivity contribution in [2.75, 3.05) is 29.9 Å². The third-order valence-electron chi connectivity index (χ3n) is 5.63. The molecule has 1 aromatic heterocycles. The van der Waals surface area contributed by atoms with Crippen LogP contribution in [-0.2, 0) is 14.4 Å². The summed E-state index contributed by atoms with van der Waals surface area (Å²) in [6.07, 6.45) is 1.92. The minimum absolute atomic E-state index is 0.168. The fourth-order valence-corrected chi connectivity index (χ4v) is 6.20. The SMILES string of the molecule is Cc1ccc2nc(NC(=O)CN3C(=O)C(C(=O)N4CCCC4)Sc4ccccc43)sc2c1. The topological polar surface area (TPSA) is 82.6 Å². The first-order valence-corrected chi connectivity index (χ1v) is 12.2. The van der Waals surface area contributed by atoms with E-state index in [9.17, 15) is 14.4 Å². The van der Waals surface area contributed by atoms with Crippen molar-refractivity contribution in [1.29, 1.82) is 0 Å². The van der Waals surface area contributed by atoms with Crippen molar-refractivity contribution >= 4 is 61.9 Å². The molecule has 1 atom stereocenters. The summed E-state index contributed by atoms with van der Waals surface area (Å²) in [6, 6.07) is 13.3. The highest BCUT2D eigenvalue weighted by molar-refractivity contribution is 8.01. The molecule has 9 heteroatoms. The summed E-state index contributed by atoms with van der Waals surface area (Å²) in [5, 5.41) is 2.45. The molecule has 164 valence electrons. The van der Waals surface area contributed by atoms with Gasteiger partial charge in [-0.05, 0) is 49.6 Å². The van der Waals surface area contributed by atoms with Crippen LogP contribution >= 0.6 is 23.1 Å². The number of benzene rings is 2. The van der Waals surface area contributed by atoms with Crippen molar-refractivity contribution < 1.29 is 14.4 Å². The Kier molecular flexibility index (Phi) is 5.60. The Bertz CT molecular complexity index is 1220. The number of hydrogen-bond acceptors (Lipinski definition) is 6. The molecule has 0 aliphatic carbocycles. The van der Waals surface area contributed by atoms with Crippen LogP contribution in [0.1, 0.15) is 18.4 Å². The van der Waals surface area contributed by atoms with Crippen molar-refractivity contribution in [3.8, 4) is 0 Å². The van der Waals surface area contributed by atoms with Gasteiger partial charge >= 0.3 is 0 Å². The van der Waals surface area contributed by atoms with Crippen molar-refractivity contribution in [2.45, 2.75) is 29.9 Å². The second-order valence-electron chi connectivity index (χ2n) is 7.96. The minimum atomic E-state index is -0.860. The normalized spacial score (nSPS) is 18.2. The van der Waals surface area contributed by atoms with Gasteiger partial charge in [0.25, 0.3) is 5.91 Å². The van der Waals surface area contributed by atoms with Gasteiger partial charge in [-0.2, -0.15) is 0 Å². The molecular formula is C23H22N4O3S2. The van der Waals surface area contributed by atoms with Gasteiger partial charge in [0.05, 0.1) is 15.9 Å². The Morgan fingerprint density at radius 3 is 2.75 bits per heavy atom. The average molecular weight is 467 g/mol. The number of rotatable bonds is 4. The van der Waals surface area contributed by atoms with E-state index in [1.807, 2.05) is 49.4 Å². The molecule has 5 rings (SSSR count). The van der Waals surface area contributed by atoms with Gasteiger partial charge < -0.3 is 15.1 Å². The lowest BCUT2D eigenvalue weighted by Gasteiger charge is -2.34. The summed E-state index contributed by atoms with van der Waals surface area (Å²) < 4.78 is 0.993.